The molecule has 0 aliphatic heterocycles. The highest BCUT2D eigenvalue weighted by Crippen LogP contribution is 2.25. The average Bonchev–Trinajstić information content (AvgIpc) is 2.85. The third-order valence-corrected chi connectivity index (χ3v) is 2.87. The second-order valence-corrected chi connectivity index (χ2v) is 4.39. The highest BCUT2D eigenvalue weighted by Gasteiger charge is 2.12. The lowest BCUT2D eigenvalue weighted by atomic mass is 10.1. The molecule has 2 rings (SSSR count). The molecule has 0 aliphatic rings. The third kappa shape index (κ3) is 2.69. The second kappa shape index (κ2) is 6.02. The van der Waals surface area contributed by atoms with Crippen molar-refractivity contribution in [2.45, 2.75) is 20.8 Å². The zero-order valence-corrected chi connectivity index (χ0v) is 11.8. The van der Waals surface area contributed by atoms with E-state index in [1.54, 1.807) is 4.68 Å². The predicted octanol–water partition coefficient (Wildman–Crippen LogP) is 3.06. The molecule has 0 spiro atoms. The van der Waals surface area contributed by atoms with E-state index in [1.165, 1.54) is 12.6 Å². The van der Waals surface area contributed by atoms with E-state index in [1.807, 2.05) is 39.0 Å². The summed E-state index contributed by atoms with van der Waals surface area (Å²) in [6.45, 7) is 6.42. The van der Waals surface area contributed by atoms with E-state index in [9.17, 15) is 0 Å². The Morgan fingerprint density at radius 1 is 1.45 bits per heavy atom. The van der Waals surface area contributed by atoms with E-state index in [-0.39, 0.29) is 0 Å². The molecule has 0 saturated heterocycles. The van der Waals surface area contributed by atoms with Gasteiger partial charge in [0.05, 0.1) is 18.5 Å². The van der Waals surface area contributed by atoms with Crippen LogP contribution in [0.25, 0.3) is 5.69 Å². The van der Waals surface area contributed by atoms with Crippen LogP contribution in [-0.4, -0.2) is 22.8 Å². The summed E-state index contributed by atoms with van der Waals surface area (Å²) in [6.07, 6.45) is 2.86. The molecule has 5 nitrogen and oxygen atoms in total. The van der Waals surface area contributed by atoms with E-state index < -0.39 is 0 Å². The number of aromatic nitrogens is 2. The quantitative estimate of drug-likeness (QED) is 0.632. The van der Waals surface area contributed by atoms with Gasteiger partial charge in [0.25, 0.3) is 0 Å². The molecule has 1 aromatic heterocycles. The molecular formula is C15H16N4O. The SMILES string of the molecule is CCOC=Nc1c(C#N)cnn1-c1cc(C)ccc1C. The molecule has 0 radical (unpaired) electrons. The smallest absolute Gasteiger partial charge is 0.176 e. The Morgan fingerprint density at radius 2 is 2.25 bits per heavy atom. The van der Waals surface area contributed by atoms with Crippen LogP contribution in [0.5, 0.6) is 0 Å². The van der Waals surface area contributed by atoms with E-state index >= 15 is 0 Å². The maximum Gasteiger partial charge on any atom is 0.176 e. The Bertz CT molecular complexity index is 680. The molecule has 1 heterocycles. The van der Waals surface area contributed by atoms with Crippen molar-refractivity contribution < 1.29 is 4.74 Å². The second-order valence-electron chi connectivity index (χ2n) is 4.39. The Labute approximate surface area is 118 Å². The van der Waals surface area contributed by atoms with Crippen molar-refractivity contribution in [1.82, 2.24) is 9.78 Å². The van der Waals surface area contributed by atoms with Gasteiger partial charge in [0.2, 0.25) is 0 Å². The number of nitrogens with zero attached hydrogens (tertiary/aromatic N) is 4. The topological polar surface area (TPSA) is 63.2 Å². The summed E-state index contributed by atoms with van der Waals surface area (Å²) in [5.41, 5.74) is 3.52. The maximum absolute atomic E-state index is 9.14. The van der Waals surface area contributed by atoms with E-state index in [0.29, 0.717) is 18.0 Å². The number of hydrogen-bond donors (Lipinski definition) is 0. The van der Waals surface area contributed by atoms with Crippen LogP contribution in [0.2, 0.25) is 0 Å². The molecule has 102 valence electrons. The minimum absolute atomic E-state index is 0.418. The molecule has 0 atom stereocenters. The summed E-state index contributed by atoms with van der Waals surface area (Å²) >= 11 is 0. The van der Waals surface area contributed by atoms with Crippen molar-refractivity contribution in [3.05, 3.63) is 41.1 Å². The van der Waals surface area contributed by atoms with Crippen LogP contribution in [0.1, 0.15) is 23.6 Å². The number of nitriles is 1. The number of aryl methyl sites for hydroxylation is 2. The zero-order valence-electron chi connectivity index (χ0n) is 11.8. The number of rotatable bonds is 4. The molecule has 0 unspecified atom stereocenters. The van der Waals surface area contributed by atoms with Crippen molar-refractivity contribution in [3.8, 4) is 11.8 Å². The monoisotopic (exact) mass is 268 g/mol. The van der Waals surface area contributed by atoms with Crippen molar-refractivity contribution in [2.24, 2.45) is 4.99 Å². The van der Waals surface area contributed by atoms with Crippen molar-refractivity contribution in [2.75, 3.05) is 6.61 Å². The zero-order chi connectivity index (χ0) is 14.5. The van der Waals surface area contributed by atoms with Crippen LogP contribution >= 0.6 is 0 Å². The van der Waals surface area contributed by atoms with Crippen molar-refractivity contribution in [1.29, 1.82) is 5.26 Å². The molecule has 0 amide bonds. The largest absolute Gasteiger partial charge is 0.483 e. The summed E-state index contributed by atoms with van der Waals surface area (Å²) in [6, 6.07) is 8.17. The lowest BCUT2D eigenvalue weighted by Gasteiger charge is -2.09. The normalized spacial score (nSPS) is 10.7. The highest BCUT2D eigenvalue weighted by molar-refractivity contribution is 5.61. The molecule has 1 aromatic carbocycles. The summed E-state index contributed by atoms with van der Waals surface area (Å²) in [7, 11) is 0. The minimum atomic E-state index is 0.418. The van der Waals surface area contributed by atoms with Gasteiger partial charge < -0.3 is 4.74 Å². The summed E-state index contributed by atoms with van der Waals surface area (Å²) in [5, 5.41) is 13.4. The Hall–Kier alpha value is -2.61. The van der Waals surface area contributed by atoms with E-state index in [2.05, 4.69) is 16.2 Å². The Balaban J connectivity index is 2.54. The van der Waals surface area contributed by atoms with Gasteiger partial charge in [0, 0.05) is 0 Å². The fourth-order valence-corrected chi connectivity index (χ4v) is 1.83. The molecular weight excluding hydrogens is 252 g/mol. The first-order valence-electron chi connectivity index (χ1n) is 6.37. The van der Waals surface area contributed by atoms with Gasteiger partial charge in [-0.15, -0.1) is 0 Å². The molecule has 0 bridgehead atoms. The summed E-state index contributed by atoms with van der Waals surface area (Å²) in [4.78, 5) is 4.20. The first-order chi connectivity index (χ1) is 9.67. The van der Waals surface area contributed by atoms with Gasteiger partial charge in [-0.2, -0.15) is 15.4 Å². The van der Waals surface area contributed by atoms with Crippen molar-refractivity contribution in [3.63, 3.8) is 0 Å². The maximum atomic E-state index is 9.14. The first-order valence-corrected chi connectivity index (χ1v) is 6.37. The van der Waals surface area contributed by atoms with Gasteiger partial charge in [-0.3, -0.25) is 0 Å². The fourth-order valence-electron chi connectivity index (χ4n) is 1.83. The minimum Gasteiger partial charge on any atom is -0.483 e. The number of benzene rings is 1. The van der Waals surface area contributed by atoms with Gasteiger partial charge in [0.15, 0.2) is 12.2 Å². The number of hydrogen-bond acceptors (Lipinski definition) is 4. The van der Waals surface area contributed by atoms with Crippen LogP contribution in [0.15, 0.2) is 29.4 Å². The Kier molecular flexibility index (Phi) is 4.16. The van der Waals surface area contributed by atoms with Crippen LogP contribution in [0.4, 0.5) is 5.82 Å². The van der Waals surface area contributed by atoms with Gasteiger partial charge in [-0.25, -0.2) is 4.68 Å². The molecule has 0 fully saturated rings. The summed E-state index contributed by atoms with van der Waals surface area (Å²) in [5.74, 6) is 0.481. The Morgan fingerprint density at radius 3 is 2.95 bits per heavy atom. The van der Waals surface area contributed by atoms with Gasteiger partial charge in [-0.1, -0.05) is 12.1 Å². The predicted molar refractivity (Wildman–Crippen MR) is 77.5 cm³/mol. The molecule has 20 heavy (non-hydrogen) atoms. The van der Waals surface area contributed by atoms with Gasteiger partial charge in [0.1, 0.15) is 11.6 Å². The van der Waals surface area contributed by atoms with Crippen LogP contribution in [-0.2, 0) is 4.74 Å². The fraction of sp³-hybridized carbons (Fsp3) is 0.267. The lowest BCUT2D eigenvalue weighted by Crippen LogP contribution is -1.99. The third-order valence-electron chi connectivity index (χ3n) is 2.87. The lowest BCUT2D eigenvalue weighted by molar-refractivity contribution is 0.343. The highest BCUT2D eigenvalue weighted by atomic mass is 16.5. The van der Waals surface area contributed by atoms with E-state index in [4.69, 9.17) is 10.00 Å². The molecule has 0 N–H and O–H groups in total. The average molecular weight is 268 g/mol. The number of aliphatic imine (C=N–C) groups is 1. The molecule has 5 heteroatoms. The van der Waals surface area contributed by atoms with Crippen LogP contribution < -0.4 is 0 Å². The first kappa shape index (κ1) is 13.8. The van der Waals surface area contributed by atoms with Crippen LogP contribution in [0.3, 0.4) is 0 Å². The number of ether oxygens (including phenoxy) is 1. The summed E-state index contributed by atoms with van der Waals surface area (Å²) < 4.78 is 6.77. The molecule has 0 aliphatic carbocycles. The van der Waals surface area contributed by atoms with E-state index in [0.717, 1.165) is 16.8 Å². The standard InChI is InChI=1S/C15H16N4O/c1-4-20-10-17-15-13(8-16)9-18-19(15)14-7-11(2)5-6-12(14)3/h5-7,9-10H,4H2,1-3H3. The molecule has 0 saturated carbocycles. The van der Waals surface area contributed by atoms with Crippen LogP contribution in [0, 0.1) is 25.2 Å². The van der Waals surface area contributed by atoms with Crippen molar-refractivity contribution >= 4 is 12.2 Å². The van der Waals surface area contributed by atoms with Gasteiger partial charge in [-0.05, 0) is 38.0 Å². The molecule has 2 aromatic rings. The van der Waals surface area contributed by atoms with Gasteiger partial charge >= 0.3 is 0 Å².